The van der Waals surface area contributed by atoms with Crippen molar-refractivity contribution in [3.05, 3.63) is 11.1 Å². The number of oxime groups is 1. The molecule has 0 bridgehead atoms. The number of hydrogen-bond acceptors (Lipinski definition) is 10. The van der Waals surface area contributed by atoms with E-state index >= 15 is 0 Å². The molecule has 1 aromatic rings. The van der Waals surface area contributed by atoms with Crippen LogP contribution in [0.4, 0.5) is 5.13 Å². The number of hydrogen-bond donors (Lipinski definition) is 6. The number of nitrogen functional groups attached to an aromatic ring is 1. The number of carboxylic acids is 1. The van der Waals surface area contributed by atoms with Gasteiger partial charge < -0.3 is 26.7 Å². The molecule has 0 aliphatic heterocycles. The van der Waals surface area contributed by atoms with Crippen LogP contribution in [0.3, 0.4) is 0 Å². The topological polar surface area (TPSA) is 236 Å². The Morgan fingerprint density at radius 1 is 1.38 bits per heavy atom. The van der Waals surface area contributed by atoms with Gasteiger partial charge >= 0.3 is 16.3 Å². The van der Waals surface area contributed by atoms with Gasteiger partial charge in [0.15, 0.2) is 10.8 Å². The zero-order chi connectivity index (χ0) is 22.6. The van der Waals surface area contributed by atoms with Crippen molar-refractivity contribution in [1.82, 2.24) is 15.0 Å². The number of amides is 2. The summed E-state index contributed by atoms with van der Waals surface area (Å²) in [4.78, 5) is 44.2. The largest absolute Gasteiger partial charge is 0.480 e. The lowest BCUT2D eigenvalue weighted by atomic mass is 10.1. The van der Waals surface area contributed by atoms with Crippen LogP contribution in [0.1, 0.15) is 26.5 Å². The molecule has 1 heterocycles. The summed E-state index contributed by atoms with van der Waals surface area (Å²) in [5.74, 6) is -3.64. The van der Waals surface area contributed by atoms with Crippen LogP contribution in [0, 0.1) is 0 Å². The van der Waals surface area contributed by atoms with Gasteiger partial charge in [0, 0.05) is 5.38 Å². The number of carbonyl (C=O) groups excluding carboxylic acids is 2. The Balaban J connectivity index is 3.22. The van der Waals surface area contributed by atoms with Gasteiger partial charge in [0.1, 0.15) is 11.7 Å². The number of thiazole rings is 1. The molecule has 0 saturated carbocycles. The number of anilines is 1. The summed E-state index contributed by atoms with van der Waals surface area (Å²) in [6, 6.07) is -3.26. The molecule has 0 spiro atoms. The van der Waals surface area contributed by atoms with E-state index in [2.05, 4.69) is 10.1 Å². The fourth-order valence-electron chi connectivity index (χ4n) is 1.72. The van der Waals surface area contributed by atoms with Gasteiger partial charge in [-0.05, 0) is 20.8 Å². The average molecular weight is 452 g/mol. The van der Waals surface area contributed by atoms with Gasteiger partial charge in [0.05, 0.1) is 6.04 Å². The minimum absolute atomic E-state index is 0.0610. The number of nitrogens with zero attached hydrogens (tertiary/aromatic N) is 2. The predicted octanol–water partition coefficient (Wildman–Crippen LogP) is -1.94. The molecule has 1 aromatic heterocycles. The minimum Gasteiger partial charge on any atom is -0.480 e. The van der Waals surface area contributed by atoms with Gasteiger partial charge in [0.2, 0.25) is 5.60 Å². The van der Waals surface area contributed by atoms with E-state index in [1.165, 1.54) is 19.2 Å². The summed E-state index contributed by atoms with van der Waals surface area (Å²) < 4.78 is 32.3. The number of rotatable bonds is 10. The van der Waals surface area contributed by atoms with E-state index in [1.54, 1.807) is 4.72 Å². The standard InChI is InChI=1S/C13H20N6O8S2/c1-5(19-29(24,25)26)7(10(21)22)17-9(20)8(6-4-28-12(15)16-6)18-27-13(2,3)11(14)23/h4-5,7,19H,1-3H3,(H2,14,23)(H2,15,16)(H,17,20)(H,21,22)(H,24,25,26)/b18-8+/t5-,7-/m1/s1. The molecule has 2 amide bonds. The Bertz CT molecular complexity index is 925. The molecule has 0 unspecified atom stereocenters. The smallest absolute Gasteiger partial charge is 0.333 e. The Morgan fingerprint density at radius 3 is 2.38 bits per heavy atom. The van der Waals surface area contributed by atoms with E-state index in [4.69, 9.17) is 20.9 Å². The van der Waals surface area contributed by atoms with Crippen LogP contribution in [-0.4, -0.2) is 64.2 Å². The highest BCUT2D eigenvalue weighted by Crippen LogP contribution is 2.15. The third-order valence-corrected chi connectivity index (χ3v) is 4.67. The van der Waals surface area contributed by atoms with Crippen LogP contribution in [0.2, 0.25) is 0 Å². The summed E-state index contributed by atoms with van der Waals surface area (Å²) in [6.45, 7) is 3.65. The third kappa shape index (κ3) is 7.26. The second-order valence-electron chi connectivity index (χ2n) is 6.15. The zero-order valence-electron chi connectivity index (χ0n) is 15.4. The van der Waals surface area contributed by atoms with Gasteiger partial charge in [0.25, 0.3) is 11.8 Å². The van der Waals surface area contributed by atoms with Crippen molar-refractivity contribution >= 4 is 50.3 Å². The van der Waals surface area contributed by atoms with E-state index in [1.807, 2.05) is 5.32 Å². The Morgan fingerprint density at radius 2 is 1.97 bits per heavy atom. The Kier molecular flexibility index (Phi) is 7.62. The number of nitrogens with two attached hydrogens (primary N) is 2. The second-order valence-corrected chi connectivity index (χ2v) is 8.22. The number of aromatic nitrogens is 1. The fraction of sp³-hybridized carbons (Fsp3) is 0.462. The van der Waals surface area contributed by atoms with Crippen molar-refractivity contribution in [2.75, 3.05) is 5.73 Å². The normalized spacial score (nSPS) is 14.7. The highest BCUT2D eigenvalue weighted by atomic mass is 32.2. The van der Waals surface area contributed by atoms with E-state index in [0.29, 0.717) is 0 Å². The molecule has 162 valence electrons. The van der Waals surface area contributed by atoms with Crippen LogP contribution in [0.5, 0.6) is 0 Å². The predicted molar refractivity (Wildman–Crippen MR) is 101 cm³/mol. The first kappa shape index (κ1) is 24.2. The lowest BCUT2D eigenvalue weighted by Gasteiger charge is -2.22. The fourth-order valence-corrected chi connectivity index (χ4v) is 2.87. The van der Waals surface area contributed by atoms with E-state index in [0.717, 1.165) is 18.3 Å². The minimum atomic E-state index is -4.74. The molecule has 0 aromatic carbocycles. The molecular weight excluding hydrogens is 432 g/mol. The molecule has 0 radical (unpaired) electrons. The maximum atomic E-state index is 12.6. The molecule has 29 heavy (non-hydrogen) atoms. The second kappa shape index (κ2) is 9.12. The number of carboxylic acid groups (broad SMARTS) is 1. The van der Waals surface area contributed by atoms with Crippen LogP contribution < -0.4 is 21.5 Å². The molecule has 14 nitrogen and oxygen atoms in total. The molecule has 8 N–H and O–H groups in total. The number of nitrogens with one attached hydrogen (secondary N) is 2. The quantitative estimate of drug-likeness (QED) is 0.130. The van der Waals surface area contributed by atoms with Crippen LogP contribution in [0.15, 0.2) is 10.5 Å². The van der Waals surface area contributed by atoms with E-state index in [-0.39, 0.29) is 10.8 Å². The van der Waals surface area contributed by atoms with E-state index < -0.39 is 51.5 Å². The Hall–Kier alpha value is -2.82. The molecule has 0 aliphatic rings. The average Bonchev–Trinajstić information content (AvgIpc) is 2.96. The van der Waals surface area contributed by atoms with Gasteiger partial charge in [-0.25, -0.2) is 9.78 Å². The first-order valence-electron chi connectivity index (χ1n) is 7.70. The number of primary amides is 1. The first-order chi connectivity index (χ1) is 13.1. The highest BCUT2D eigenvalue weighted by molar-refractivity contribution is 7.83. The lowest BCUT2D eigenvalue weighted by Crippen LogP contribution is -2.55. The van der Waals surface area contributed by atoms with Crippen LogP contribution in [0.25, 0.3) is 0 Å². The SMILES string of the molecule is C[C@@H](NS(=O)(=O)O)[C@@H](NC(=O)/C(=N/OC(C)(C)C(N)=O)c1csc(N)n1)C(=O)O. The molecule has 2 atom stereocenters. The Labute approximate surface area is 169 Å². The van der Waals surface area contributed by atoms with Crippen LogP contribution >= 0.6 is 11.3 Å². The van der Waals surface area contributed by atoms with Crippen molar-refractivity contribution in [3.8, 4) is 0 Å². The highest BCUT2D eigenvalue weighted by Gasteiger charge is 2.33. The summed E-state index contributed by atoms with van der Waals surface area (Å²) >= 11 is 0.947. The zero-order valence-corrected chi connectivity index (χ0v) is 17.1. The lowest BCUT2D eigenvalue weighted by molar-refractivity contribution is -0.141. The number of aliphatic carboxylic acids is 1. The number of carbonyl (C=O) groups is 3. The first-order valence-corrected chi connectivity index (χ1v) is 10.0. The van der Waals surface area contributed by atoms with Crippen molar-refractivity contribution in [3.63, 3.8) is 0 Å². The van der Waals surface area contributed by atoms with Crippen molar-refractivity contribution in [2.45, 2.75) is 38.5 Å². The van der Waals surface area contributed by atoms with E-state index in [9.17, 15) is 27.9 Å². The van der Waals surface area contributed by atoms with Gasteiger partial charge in [-0.15, -0.1) is 11.3 Å². The monoisotopic (exact) mass is 452 g/mol. The third-order valence-electron chi connectivity index (χ3n) is 3.33. The van der Waals surface area contributed by atoms with Gasteiger partial charge in [-0.2, -0.15) is 13.1 Å². The van der Waals surface area contributed by atoms with Crippen molar-refractivity contribution in [1.29, 1.82) is 0 Å². The molecule has 1 rings (SSSR count). The summed E-state index contributed by atoms with van der Waals surface area (Å²) in [6.07, 6.45) is 0. The van der Waals surface area contributed by atoms with Crippen molar-refractivity contribution < 1.29 is 37.3 Å². The molecule has 0 saturated heterocycles. The molecule has 16 heteroatoms. The summed E-state index contributed by atoms with van der Waals surface area (Å²) in [5.41, 5.74) is 8.43. The maximum absolute atomic E-state index is 12.6. The van der Waals surface area contributed by atoms with Gasteiger partial charge in [-0.3, -0.25) is 14.1 Å². The molecule has 0 fully saturated rings. The maximum Gasteiger partial charge on any atom is 0.333 e. The van der Waals surface area contributed by atoms with Crippen molar-refractivity contribution in [2.24, 2.45) is 10.9 Å². The molecular formula is C13H20N6O8S2. The van der Waals surface area contributed by atoms with Crippen LogP contribution in [-0.2, 0) is 29.5 Å². The molecule has 0 aliphatic carbocycles. The summed E-state index contributed by atoms with van der Waals surface area (Å²) in [7, 11) is -4.74. The summed E-state index contributed by atoms with van der Waals surface area (Å²) in [5, 5.41) is 16.3. The van der Waals surface area contributed by atoms with Gasteiger partial charge in [-0.1, -0.05) is 5.16 Å².